The third-order valence-corrected chi connectivity index (χ3v) is 8.90. The zero-order chi connectivity index (χ0) is 27.8. The third-order valence-electron chi connectivity index (χ3n) is 8.90. The Morgan fingerprint density at radius 3 is 1.27 bits per heavy atom. The van der Waals surface area contributed by atoms with Gasteiger partial charge in [0.15, 0.2) is 0 Å². The van der Waals surface area contributed by atoms with Crippen molar-refractivity contribution < 1.29 is 0 Å². The van der Waals surface area contributed by atoms with Crippen molar-refractivity contribution in [2.24, 2.45) is 33.9 Å². The average Bonchev–Trinajstić information content (AvgIpc) is 3.60. The van der Waals surface area contributed by atoms with Crippen LogP contribution in [0.25, 0.3) is 0 Å². The normalized spacial score (nSPS) is 22.9. The second-order valence-electron chi connectivity index (χ2n) is 12.6. The predicted molar refractivity (Wildman–Crippen MR) is 175 cm³/mol. The van der Waals surface area contributed by atoms with Crippen molar-refractivity contribution in [1.29, 1.82) is 0 Å². The molecule has 2 aromatic carbocycles. The number of benzene rings is 2. The van der Waals surface area contributed by atoms with E-state index in [1.807, 2.05) is 0 Å². The van der Waals surface area contributed by atoms with Gasteiger partial charge in [0, 0.05) is 25.5 Å². The van der Waals surface area contributed by atoms with Crippen LogP contribution in [0.4, 0.5) is 11.4 Å². The van der Waals surface area contributed by atoms with Crippen LogP contribution in [0.2, 0.25) is 0 Å². The Morgan fingerprint density at radius 2 is 0.925 bits per heavy atom. The van der Waals surface area contributed by atoms with E-state index >= 15 is 0 Å². The molecule has 0 N–H and O–H groups in total. The molecule has 218 valence electrons. The fourth-order valence-corrected chi connectivity index (χ4v) is 6.41. The molecule has 2 aliphatic rings. The first-order valence-electron chi connectivity index (χ1n) is 16.4. The van der Waals surface area contributed by atoms with Gasteiger partial charge in [-0.2, -0.15) is 10.2 Å². The maximum atomic E-state index is 4.95. The number of hydrogen-bond acceptors (Lipinski definition) is 4. The van der Waals surface area contributed by atoms with Crippen molar-refractivity contribution in [2.75, 3.05) is 23.1 Å². The highest BCUT2D eigenvalue weighted by molar-refractivity contribution is 5.64. The molecule has 0 radical (unpaired) electrons. The molecule has 40 heavy (non-hydrogen) atoms. The van der Waals surface area contributed by atoms with E-state index in [2.05, 4.69) is 97.0 Å². The summed E-state index contributed by atoms with van der Waals surface area (Å²) in [4.78, 5) is 0. The lowest BCUT2D eigenvalue weighted by Gasteiger charge is -2.20. The molecule has 2 saturated carbocycles. The maximum Gasteiger partial charge on any atom is 0.0593 e. The highest BCUT2D eigenvalue weighted by Crippen LogP contribution is 2.30. The lowest BCUT2D eigenvalue weighted by atomic mass is 10.1. The molecular weight excluding hydrogens is 488 g/mol. The Balaban J connectivity index is 1.10. The molecule has 0 aromatic heterocycles. The molecule has 2 aromatic rings. The van der Waals surface area contributed by atoms with Crippen LogP contribution >= 0.6 is 0 Å². The van der Waals surface area contributed by atoms with E-state index in [0.29, 0.717) is 11.8 Å². The molecule has 2 aliphatic carbocycles. The van der Waals surface area contributed by atoms with Crippen molar-refractivity contribution in [1.82, 2.24) is 0 Å². The predicted octanol–water partition coefficient (Wildman–Crippen LogP) is 9.96. The van der Waals surface area contributed by atoms with E-state index < -0.39 is 0 Å². The monoisotopic (exact) mass is 542 g/mol. The quantitative estimate of drug-likeness (QED) is 0.113. The van der Waals surface area contributed by atoms with Crippen molar-refractivity contribution in [3.05, 3.63) is 60.7 Å². The molecule has 0 saturated heterocycles. The molecule has 4 heteroatoms. The van der Waals surface area contributed by atoms with Crippen LogP contribution in [0.3, 0.4) is 0 Å². The molecule has 0 aliphatic heterocycles. The summed E-state index contributed by atoms with van der Waals surface area (Å²) in [5, 5.41) is 14.4. The van der Waals surface area contributed by atoms with Gasteiger partial charge in [-0.05, 0) is 86.5 Å². The molecule has 0 spiro atoms. The molecule has 4 atom stereocenters. The number of unbranched alkanes of at least 4 members (excludes halogenated alkanes) is 7. The second-order valence-corrected chi connectivity index (χ2v) is 12.6. The molecule has 0 heterocycles. The maximum absolute atomic E-state index is 4.95. The van der Waals surface area contributed by atoms with E-state index in [0.717, 1.165) is 24.9 Å². The number of para-hydroxylation sites is 2. The van der Waals surface area contributed by atoms with Crippen LogP contribution < -0.4 is 10.0 Å². The van der Waals surface area contributed by atoms with Gasteiger partial charge < -0.3 is 0 Å². The van der Waals surface area contributed by atoms with Gasteiger partial charge in [0.25, 0.3) is 0 Å². The summed E-state index contributed by atoms with van der Waals surface area (Å²) in [5.74, 6) is 3.01. The Labute approximate surface area is 244 Å². The summed E-state index contributed by atoms with van der Waals surface area (Å²) in [6.07, 6.45) is 22.7. The minimum atomic E-state index is 0.656. The Bertz CT molecular complexity index is 907. The van der Waals surface area contributed by atoms with E-state index in [1.54, 1.807) is 0 Å². The van der Waals surface area contributed by atoms with Crippen molar-refractivity contribution in [2.45, 2.75) is 104 Å². The Morgan fingerprint density at radius 1 is 0.550 bits per heavy atom. The second kappa shape index (κ2) is 17.3. The van der Waals surface area contributed by atoms with E-state index in [4.69, 9.17) is 10.2 Å². The number of anilines is 2. The topological polar surface area (TPSA) is 31.2 Å². The molecule has 0 bridgehead atoms. The fourth-order valence-electron chi connectivity index (χ4n) is 6.41. The first-order valence-corrected chi connectivity index (χ1v) is 16.4. The highest BCUT2D eigenvalue weighted by Gasteiger charge is 2.20. The van der Waals surface area contributed by atoms with Crippen LogP contribution in [0.5, 0.6) is 0 Å². The number of hydrogen-bond donors (Lipinski definition) is 0. The molecule has 0 amide bonds. The average molecular weight is 543 g/mol. The van der Waals surface area contributed by atoms with E-state index in [9.17, 15) is 0 Å². The standard InChI is InChI=1S/C36H54N4/c1-31-21-23-33(27-31)29-37-39(35-17-11-9-12-18-35)25-15-7-5-3-4-6-8-16-26-40(36-19-13-10-14-20-36)38-30-34-24-22-32(2)28-34/h9-14,17-20,29-34H,3-8,15-16,21-28H2,1-2H3. The summed E-state index contributed by atoms with van der Waals surface area (Å²) in [6, 6.07) is 21.4. The van der Waals surface area contributed by atoms with E-state index in [-0.39, 0.29) is 0 Å². The molecule has 4 unspecified atom stereocenters. The van der Waals surface area contributed by atoms with Crippen LogP contribution in [-0.4, -0.2) is 25.5 Å². The highest BCUT2D eigenvalue weighted by atomic mass is 15.5. The number of rotatable bonds is 17. The van der Waals surface area contributed by atoms with Crippen LogP contribution in [0.15, 0.2) is 70.9 Å². The summed E-state index contributed by atoms with van der Waals surface area (Å²) >= 11 is 0. The smallest absolute Gasteiger partial charge is 0.0593 e. The Hall–Kier alpha value is -2.62. The van der Waals surface area contributed by atoms with Crippen LogP contribution in [0.1, 0.15) is 104 Å². The van der Waals surface area contributed by atoms with Gasteiger partial charge >= 0.3 is 0 Å². The van der Waals surface area contributed by atoms with Crippen molar-refractivity contribution in [3.63, 3.8) is 0 Å². The molecule has 4 rings (SSSR count). The zero-order valence-corrected chi connectivity index (χ0v) is 25.3. The summed E-state index contributed by atoms with van der Waals surface area (Å²) < 4.78 is 0. The van der Waals surface area contributed by atoms with Gasteiger partial charge in [-0.25, -0.2) is 0 Å². The van der Waals surface area contributed by atoms with Crippen LogP contribution in [0, 0.1) is 23.7 Å². The Kier molecular flexibility index (Phi) is 13.1. The summed E-state index contributed by atoms with van der Waals surface area (Å²) in [7, 11) is 0. The lowest BCUT2D eigenvalue weighted by molar-refractivity contribution is 0.563. The van der Waals surface area contributed by atoms with Crippen molar-refractivity contribution >= 4 is 23.8 Å². The van der Waals surface area contributed by atoms with Gasteiger partial charge in [0.1, 0.15) is 0 Å². The minimum Gasteiger partial charge on any atom is -0.266 e. The lowest BCUT2D eigenvalue weighted by Crippen LogP contribution is -2.19. The summed E-state index contributed by atoms with van der Waals surface area (Å²) in [5.41, 5.74) is 2.44. The van der Waals surface area contributed by atoms with Crippen molar-refractivity contribution in [3.8, 4) is 0 Å². The minimum absolute atomic E-state index is 0.656. The van der Waals surface area contributed by atoms with E-state index in [1.165, 1.54) is 101 Å². The van der Waals surface area contributed by atoms with Gasteiger partial charge in [-0.3, -0.25) is 10.0 Å². The third kappa shape index (κ3) is 10.7. The fraction of sp³-hybridized carbons (Fsp3) is 0.611. The largest absolute Gasteiger partial charge is 0.266 e. The van der Waals surface area contributed by atoms with Gasteiger partial charge in [-0.15, -0.1) is 0 Å². The zero-order valence-electron chi connectivity index (χ0n) is 25.3. The molecular formula is C36H54N4. The number of hydrazone groups is 2. The number of nitrogens with zero attached hydrogens (tertiary/aromatic N) is 4. The summed E-state index contributed by atoms with van der Waals surface area (Å²) in [6.45, 7) is 6.76. The van der Waals surface area contributed by atoms with Gasteiger partial charge in [0.2, 0.25) is 0 Å². The van der Waals surface area contributed by atoms with Crippen LogP contribution in [-0.2, 0) is 0 Å². The SMILES string of the molecule is CC1CCC(C=NN(CCCCCCCCCCN(N=CC2CCC(C)C2)c2ccccc2)c2ccccc2)C1. The van der Waals surface area contributed by atoms with Gasteiger partial charge in [0.05, 0.1) is 11.4 Å². The first-order chi connectivity index (χ1) is 19.7. The van der Waals surface area contributed by atoms with Gasteiger partial charge in [-0.1, -0.05) is 102 Å². The molecule has 4 nitrogen and oxygen atoms in total. The molecule has 2 fully saturated rings. The first kappa shape index (κ1) is 30.3.